The van der Waals surface area contributed by atoms with E-state index in [0.29, 0.717) is 17.2 Å². The van der Waals surface area contributed by atoms with Gasteiger partial charge in [0, 0.05) is 6.20 Å². The summed E-state index contributed by atoms with van der Waals surface area (Å²) in [6.07, 6.45) is 1.51. The van der Waals surface area contributed by atoms with Crippen molar-refractivity contribution < 1.29 is 9.53 Å². The van der Waals surface area contributed by atoms with Crippen LogP contribution in [0.25, 0.3) is 0 Å². The van der Waals surface area contributed by atoms with Gasteiger partial charge in [-0.05, 0) is 30.7 Å². The number of rotatable bonds is 4. The van der Waals surface area contributed by atoms with Crippen molar-refractivity contribution in [3.05, 3.63) is 68.1 Å². The molecule has 0 saturated heterocycles. The number of pyridine rings is 1. The monoisotopic (exact) mass is 325 g/mol. The highest BCUT2D eigenvalue weighted by Crippen LogP contribution is 2.13. The van der Waals surface area contributed by atoms with E-state index in [1.807, 2.05) is 6.07 Å². The smallest absolute Gasteiger partial charge is 0.338 e. The van der Waals surface area contributed by atoms with Crippen molar-refractivity contribution in [2.45, 2.75) is 13.5 Å². The molecule has 1 aromatic carbocycles. The van der Waals surface area contributed by atoms with E-state index in [2.05, 4.69) is 0 Å². The Balaban J connectivity index is 2.30. The highest BCUT2D eigenvalue weighted by molar-refractivity contribution is 6.34. The zero-order valence-electron chi connectivity index (χ0n) is 11.3. The molecule has 4 nitrogen and oxygen atoms in total. The molecule has 110 valence electrons. The van der Waals surface area contributed by atoms with Gasteiger partial charge in [0.2, 0.25) is 0 Å². The van der Waals surface area contributed by atoms with Gasteiger partial charge in [-0.2, -0.15) is 0 Å². The number of hydrogen-bond acceptors (Lipinski definition) is 3. The van der Waals surface area contributed by atoms with Gasteiger partial charge < -0.3 is 9.30 Å². The fraction of sp³-hybridized carbons (Fsp3) is 0.200. The van der Waals surface area contributed by atoms with E-state index in [1.54, 1.807) is 25.1 Å². The Morgan fingerprint density at radius 3 is 2.76 bits per heavy atom. The van der Waals surface area contributed by atoms with Gasteiger partial charge in [-0.25, -0.2) is 4.79 Å². The molecule has 0 amide bonds. The lowest BCUT2D eigenvalue weighted by Crippen LogP contribution is -2.20. The van der Waals surface area contributed by atoms with Crippen LogP contribution in [0, 0.1) is 0 Å². The molecule has 0 fully saturated rings. The molecule has 0 unspecified atom stereocenters. The van der Waals surface area contributed by atoms with Crippen LogP contribution < -0.4 is 5.56 Å². The third kappa shape index (κ3) is 3.86. The van der Waals surface area contributed by atoms with Gasteiger partial charge in [-0.15, -0.1) is 0 Å². The van der Waals surface area contributed by atoms with Crippen LogP contribution in [0.2, 0.25) is 10.0 Å². The number of esters is 1. The third-order valence-electron chi connectivity index (χ3n) is 2.80. The van der Waals surface area contributed by atoms with Crippen LogP contribution in [-0.4, -0.2) is 17.1 Å². The second-order valence-corrected chi connectivity index (χ2v) is 5.20. The lowest BCUT2D eigenvalue weighted by Gasteiger charge is -2.08. The van der Waals surface area contributed by atoms with E-state index in [9.17, 15) is 9.59 Å². The minimum absolute atomic E-state index is 0.0593. The Hall–Kier alpha value is -1.78. The molecule has 2 aromatic rings. The summed E-state index contributed by atoms with van der Waals surface area (Å²) >= 11 is 11.7. The van der Waals surface area contributed by atoms with Gasteiger partial charge >= 0.3 is 5.97 Å². The highest BCUT2D eigenvalue weighted by atomic mass is 35.5. The van der Waals surface area contributed by atoms with Crippen molar-refractivity contribution in [3.63, 3.8) is 0 Å². The molecule has 0 aliphatic heterocycles. The quantitative estimate of drug-likeness (QED) is 0.809. The summed E-state index contributed by atoms with van der Waals surface area (Å²) in [5.74, 6) is -0.393. The van der Waals surface area contributed by atoms with E-state index < -0.39 is 5.97 Å². The standard InChI is InChI=1S/C15H13Cl2NO3/c1-2-21-15(20)11-5-3-4-10(6-11)8-18-9-12(16)7-13(17)14(18)19/h3-7,9H,2,8H2,1H3. The molecule has 0 atom stereocenters. The molecule has 0 radical (unpaired) electrons. The van der Waals surface area contributed by atoms with Crippen molar-refractivity contribution in [2.75, 3.05) is 6.61 Å². The fourth-order valence-corrected chi connectivity index (χ4v) is 2.40. The number of carbonyl (C=O) groups excluding carboxylic acids is 1. The summed E-state index contributed by atoms with van der Waals surface area (Å²) in [4.78, 5) is 23.6. The van der Waals surface area contributed by atoms with Crippen LogP contribution >= 0.6 is 23.2 Å². The number of halogens is 2. The van der Waals surface area contributed by atoms with Crippen molar-refractivity contribution in [2.24, 2.45) is 0 Å². The molecule has 1 aromatic heterocycles. The fourth-order valence-electron chi connectivity index (χ4n) is 1.89. The lowest BCUT2D eigenvalue weighted by molar-refractivity contribution is 0.0526. The molecule has 0 bridgehead atoms. The first-order chi connectivity index (χ1) is 10.0. The van der Waals surface area contributed by atoms with Crippen LogP contribution in [0.5, 0.6) is 0 Å². The number of ether oxygens (including phenoxy) is 1. The number of hydrogen-bond donors (Lipinski definition) is 0. The van der Waals surface area contributed by atoms with Gasteiger partial charge in [-0.1, -0.05) is 35.3 Å². The SMILES string of the molecule is CCOC(=O)c1cccc(Cn2cc(Cl)cc(Cl)c2=O)c1. The molecule has 0 saturated carbocycles. The maximum Gasteiger partial charge on any atom is 0.338 e. The molecular weight excluding hydrogens is 313 g/mol. The predicted molar refractivity (Wildman–Crippen MR) is 82.2 cm³/mol. The maximum atomic E-state index is 11.9. The maximum absolute atomic E-state index is 11.9. The first-order valence-electron chi connectivity index (χ1n) is 6.33. The minimum atomic E-state index is -0.393. The zero-order chi connectivity index (χ0) is 15.4. The zero-order valence-corrected chi connectivity index (χ0v) is 12.8. The number of aromatic nitrogens is 1. The van der Waals surface area contributed by atoms with E-state index in [0.717, 1.165) is 5.56 Å². The van der Waals surface area contributed by atoms with Gasteiger partial charge in [0.15, 0.2) is 0 Å². The van der Waals surface area contributed by atoms with E-state index in [4.69, 9.17) is 27.9 Å². The van der Waals surface area contributed by atoms with Crippen molar-refractivity contribution in [3.8, 4) is 0 Å². The van der Waals surface area contributed by atoms with Crippen LogP contribution in [0.4, 0.5) is 0 Å². The molecule has 2 rings (SSSR count). The van der Waals surface area contributed by atoms with Gasteiger partial charge in [0.05, 0.1) is 23.7 Å². The van der Waals surface area contributed by atoms with Crippen molar-refractivity contribution in [1.82, 2.24) is 4.57 Å². The molecule has 0 N–H and O–H groups in total. The Morgan fingerprint density at radius 2 is 2.05 bits per heavy atom. The molecule has 6 heteroatoms. The van der Waals surface area contributed by atoms with Gasteiger partial charge in [-0.3, -0.25) is 4.79 Å². The average molecular weight is 326 g/mol. The molecule has 0 spiro atoms. The van der Waals surface area contributed by atoms with Crippen LogP contribution in [0.1, 0.15) is 22.8 Å². The summed E-state index contributed by atoms with van der Waals surface area (Å²) in [6.45, 7) is 2.33. The predicted octanol–water partition coefficient (Wildman–Crippen LogP) is 3.38. The number of benzene rings is 1. The number of carbonyl (C=O) groups is 1. The summed E-state index contributed by atoms with van der Waals surface area (Å²) in [7, 11) is 0. The van der Waals surface area contributed by atoms with Crippen LogP contribution in [0.15, 0.2) is 41.3 Å². The second-order valence-electron chi connectivity index (χ2n) is 4.36. The van der Waals surface area contributed by atoms with Gasteiger partial charge in [0.25, 0.3) is 5.56 Å². The summed E-state index contributed by atoms with van der Waals surface area (Å²) in [5, 5.41) is 0.435. The van der Waals surface area contributed by atoms with Crippen molar-refractivity contribution >= 4 is 29.2 Å². The van der Waals surface area contributed by atoms with E-state index >= 15 is 0 Å². The Labute approximate surface area is 131 Å². The van der Waals surface area contributed by atoms with Crippen LogP contribution in [-0.2, 0) is 11.3 Å². The Bertz CT molecular complexity index is 725. The number of nitrogens with zero attached hydrogens (tertiary/aromatic N) is 1. The Morgan fingerprint density at radius 1 is 1.29 bits per heavy atom. The molecule has 21 heavy (non-hydrogen) atoms. The first kappa shape index (κ1) is 15.6. The first-order valence-corrected chi connectivity index (χ1v) is 7.08. The largest absolute Gasteiger partial charge is 0.462 e. The third-order valence-corrected chi connectivity index (χ3v) is 3.28. The molecule has 1 heterocycles. The highest BCUT2D eigenvalue weighted by Gasteiger charge is 2.09. The molecule has 0 aliphatic carbocycles. The molecular formula is C15H13Cl2NO3. The molecule has 0 aliphatic rings. The van der Waals surface area contributed by atoms with Gasteiger partial charge in [0.1, 0.15) is 5.02 Å². The lowest BCUT2D eigenvalue weighted by atomic mass is 10.1. The normalized spacial score (nSPS) is 10.4. The second kappa shape index (κ2) is 6.78. The topological polar surface area (TPSA) is 48.3 Å². The summed E-state index contributed by atoms with van der Waals surface area (Å²) < 4.78 is 6.34. The summed E-state index contributed by atoms with van der Waals surface area (Å²) in [6, 6.07) is 8.29. The Kier molecular flexibility index (Phi) is 5.04. The average Bonchev–Trinajstić information content (AvgIpc) is 2.45. The van der Waals surface area contributed by atoms with E-state index in [1.165, 1.54) is 16.8 Å². The van der Waals surface area contributed by atoms with Crippen LogP contribution in [0.3, 0.4) is 0 Å². The van der Waals surface area contributed by atoms with Crippen molar-refractivity contribution in [1.29, 1.82) is 0 Å². The summed E-state index contributed by atoms with van der Waals surface area (Å²) in [5.41, 5.74) is 0.888. The van der Waals surface area contributed by atoms with E-state index in [-0.39, 0.29) is 17.1 Å². The minimum Gasteiger partial charge on any atom is -0.462 e.